The molecule has 0 heterocycles. The van der Waals surface area contributed by atoms with Crippen LogP contribution in [0.4, 0.5) is 0 Å². The number of Topliss-reactive ketones (excluding diaryl/α,β-unsaturated/α-hetero) is 1. The van der Waals surface area contributed by atoms with E-state index in [0.29, 0.717) is 13.0 Å². The predicted molar refractivity (Wildman–Crippen MR) is 61.9 cm³/mol. The Hall–Kier alpha value is -1.37. The molecule has 0 bridgehead atoms. The normalized spacial score (nSPS) is 23.4. The highest BCUT2D eigenvalue weighted by molar-refractivity contribution is 5.83. The summed E-state index contributed by atoms with van der Waals surface area (Å²) in [6.45, 7) is 1.85. The van der Waals surface area contributed by atoms with Crippen LogP contribution in [0.25, 0.3) is 0 Å². The summed E-state index contributed by atoms with van der Waals surface area (Å²) >= 11 is 0. The van der Waals surface area contributed by atoms with Gasteiger partial charge in [0.1, 0.15) is 5.78 Å². The zero-order chi connectivity index (χ0) is 12.7. The first-order chi connectivity index (χ1) is 8.15. The van der Waals surface area contributed by atoms with Crippen LogP contribution >= 0.6 is 0 Å². The zero-order valence-corrected chi connectivity index (χ0v) is 10.3. The maximum atomic E-state index is 11.5. The molecule has 0 aromatic carbocycles. The summed E-state index contributed by atoms with van der Waals surface area (Å²) in [7, 11) is 0. The van der Waals surface area contributed by atoms with E-state index in [1.54, 1.807) is 0 Å². The van der Waals surface area contributed by atoms with E-state index >= 15 is 0 Å². The lowest BCUT2D eigenvalue weighted by molar-refractivity contribution is -0.141. The van der Waals surface area contributed by atoms with Gasteiger partial charge in [-0.3, -0.25) is 9.59 Å². The summed E-state index contributed by atoms with van der Waals surface area (Å²) in [4.78, 5) is 22.0. The fourth-order valence-corrected chi connectivity index (χ4v) is 2.28. The maximum Gasteiger partial charge on any atom is 0.302 e. The van der Waals surface area contributed by atoms with Gasteiger partial charge in [-0.25, -0.2) is 0 Å². The van der Waals surface area contributed by atoms with Crippen LogP contribution in [0.3, 0.4) is 0 Å². The number of hydrogen-bond donors (Lipinski definition) is 0. The number of nitriles is 1. The summed E-state index contributed by atoms with van der Waals surface area (Å²) in [5.74, 6) is -0.123. The van der Waals surface area contributed by atoms with Crippen molar-refractivity contribution in [3.63, 3.8) is 0 Å². The van der Waals surface area contributed by atoms with Gasteiger partial charge in [-0.05, 0) is 19.3 Å². The number of nitrogens with zero attached hydrogens (tertiary/aromatic N) is 1. The van der Waals surface area contributed by atoms with E-state index in [0.717, 1.165) is 32.1 Å². The third-order valence-electron chi connectivity index (χ3n) is 3.23. The first-order valence-corrected chi connectivity index (χ1v) is 6.21. The Kier molecular flexibility index (Phi) is 5.68. The summed E-state index contributed by atoms with van der Waals surface area (Å²) in [6, 6.07) is 2.22. The number of unbranched alkanes of at least 4 members (excludes halogenated alkanes) is 2. The molecule has 17 heavy (non-hydrogen) atoms. The quantitative estimate of drug-likeness (QED) is 0.524. The van der Waals surface area contributed by atoms with E-state index in [1.165, 1.54) is 6.92 Å². The van der Waals surface area contributed by atoms with E-state index in [-0.39, 0.29) is 23.6 Å². The predicted octanol–water partition coefficient (Wildman–Crippen LogP) is 2.23. The van der Waals surface area contributed by atoms with Crippen molar-refractivity contribution >= 4 is 11.8 Å². The van der Waals surface area contributed by atoms with Gasteiger partial charge in [-0.2, -0.15) is 5.26 Å². The van der Waals surface area contributed by atoms with Crippen molar-refractivity contribution in [3.05, 3.63) is 0 Å². The monoisotopic (exact) mass is 237 g/mol. The van der Waals surface area contributed by atoms with Crippen LogP contribution in [0.15, 0.2) is 0 Å². The number of hydrogen-bond acceptors (Lipinski definition) is 4. The molecule has 0 aliphatic heterocycles. The number of carbonyl (C=O) groups excluding carboxylic acids is 2. The Labute approximate surface area is 102 Å². The molecular formula is C13H19NO3. The van der Waals surface area contributed by atoms with Gasteiger partial charge in [0, 0.05) is 19.3 Å². The average molecular weight is 237 g/mol. The van der Waals surface area contributed by atoms with Gasteiger partial charge in [0.2, 0.25) is 0 Å². The Bertz CT molecular complexity index is 319. The summed E-state index contributed by atoms with van der Waals surface area (Å²) < 4.78 is 4.82. The lowest BCUT2D eigenvalue weighted by Crippen LogP contribution is -2.13. The highest BCUT2D eigenvalue weighted by Gasteiger charge is 2.33. The molecule has 2 unspecified atom stereocenters. The van der Waals surface area contributed by atoms with Crippen LogP contribution in [0.2, 0.25) is 0 Å². The SMILES string of the molecule is CC(=O)OCCCCCC1C(=O)CCC1C#N. The van der Waals surface area contributed by atoms with Crippen LogP contribution < -0.4 is 0 Å². The fourth-order valence-electron chi connectivity index (χ4n) is 2.28. The summed E-state index contributed by atoms with van der Waals surface area (Å²) in [5, 5.41) is 8.90. The summed E-state index contributed by atoms with van der Waals surface area (Å²) in [5.41, 5.74) is 0. The van der Waals surface area contributed by atoms with Crippen LogP contribution in [0.1, 0.15) is 45.4 Å². The van der Waals surface area contributed by atoms with Gasteiger partial charge in [0.25, 0.3) is 0 Å². The van der Waals surface area contributed by atoms with Crippen molar-refractivity contribution in [1.82, 2.24) is 0 Å². The third kappa shape index (κ3) is 4.56. The number of ketones is 1. The Balaban J connectivity index is 2.12. The molecule has 4 heteroatoms. The van der Waals surface area contributed by atoms with Gasteiger partial charge in [0.05, 0.1) is 18.6 Å². The highest BCUT2D eigenvalue weighted by Crippen LogP contribution is 2.31. The molecule has 4 nitrogen and oxygen atoms in total. The lowest BCUT2D eigenvalue weighted by Gasteiger charge is -2.11. The van der Waals surface area contributed by atoms with Crippen LogP contribution in [-0.2, 0) is 14.3 Å². The molecule has 1 aliphatic carbocycles. The van der Waals surface area contributed by atoms with Crippen LogP contribution in [-0.4, -0.2) is 18.4 Å². The molecule has 0 radical (unpaired) electrons. The number of ether oxygens (including phenoxy) is 1. The maximum absolute atomic E-state index is 11.5. The lowest BCUT2D eigenvalue weighted by atomic mass is 9.91. The van der Waals surface area contributed by atoms with Crippen molar-refractivity contribution in [2.24, 2.45) is 11.8 Å². The van der Waals surface area contributed by atoms with Gasteiger partial charge in [-0.15, -0.1) is 0 Å². The van der Waals surface area contributed by atoms with Crippen molar-refractivity contribution < 1.29 is 14.3 Å². The topological polar surface area (TPSA) is 67.2 Å². The van der Waals surface area contributed by atoms with Crippen molar-refractivity contribution in [3.8, 4) is 6.07 Å². The molecule has 1 rings (SSSR count). The minimum Gasteiger partial charge on any atom is -0.466 e. The van der Waals surface area contributed by atoms with Crippen molar-refractivity contribution in [2.45, 2.75) is 45.4 Å². The fraction of sp³-hybridized carbons (Fsp3) is 0.769. The molecule has 1 aliphatic rings. The second-order valence-electron chi connectivity index (χ2n) is 4.54. The Morgan fingerprint density at radius 2 is 2.24 bits per heavy atom. The van der Waals surface area contributed by atoms with Gasteiger partial charge in [-0.1, -0.05) is 12.8 Å². The molecule has 0 spiro atoms. The number of carbonyl (C=O) groups is 2. The van der Waals surface area contributed by atoms with Crippen molar-refractivity contribution in [1.29, 1.82) is 5.26 Å². The average Bonchev–Trinajstić information content (AvgIpc) is 2.64. The smallest absolute Gasteiger partial charge is 0.302 e. The van der Waals surface area contributed by atoms with E-state index in [9.17, 15) is 9.59 Å². The first-order valence-electron chi connectivity index (χ1n) is 6.21. The Morgan fingerprint density at radius 1 is 1.47 bits per heavy atom. The standard InChI is InChI=1S/C13H19NO3/c1-10(15)17-8-4-2-3-5-12-11(9-14)6-7-13(12)16/h11-12H,2-8H2,1H3. The zero-order valence-electron chi connectivity index (χ0n) is 10.3. The first kappa shape index (κ1) is 13.7. The van der Waals surface area contributed by atoms with Gasteiger partial charge >= 0.3 is 5.97 Å². The van der Waals surface area contributed by atoms with Gasteiger partial charge in [0.15, 0.2) is 0 Å². The molecule has 0 aromatic rings. The minimum absolute atomic E-state index is 0.0475. The number of esters is 1. The molecule has 1 saturated carbocycles. The van der Waals surface area contributed by atoms with E-state index in [4.69, 9.17) is 10.00 Å². The molecule has 0 amide bonds. The molecule has 0 saturated heterocycles. The van der Waals surface area contributed by atoms with E-state index in [2.05, 4.69) is 6.07 Å². The number of rotatable bonds is 6. The van der Waals surface area contributed by atoms with Gasteiger partial charge < -0.3 is 4.74 Å². The molecule has 0 N–H and O–H groups in total. The molecular weight excluding hydrogens is 218 g/mol. The minimum atomic E-state index is -0.250. The highest BCUT2D eigenvalue weighted by atomic mass is 16.5. The second kappa shape index (κ2) is 7.05. The molecule has 0 aromatic heterocycles. The molecule has 1 fully saturated rings. The van der Waals surface area contributed by atoms with Crippen LogP contribution in [0.5, 0.6) is 0 Å². The summed E-state index contributed by atoms with van der Waals surface area (Å²) in [6.07, 6.45) is 4.80. The second-order valence-corrected chi connectivity index (χ2v) is 4.54. The van der Waals surface area contributed by atoms with Crippen LogP contribution in [0, 0.1) is 23.2 Å². The Morgan fingerprint density at radius 3 is 2.88 bits per heavy atom. The molecule has 94 valence electrons. The molecule has 2 atom stereocenters. The largest absolute Gasteiger partial charge is 0.466 e. The third-order valence-corrected chi connectivity index (χ3v) is 3.23. The van der Waals surface area contributed by atoms with E-state index < -0.39 is 0 Å². The van der Waals surface area contributed by atoms with E-state index in [1.807, 2.05) is 0 Å². The van der Waals surface area contributed by atoms with Crippen molar-refractivity contribution in [2.75, 3.05) is 6.61 Å².